The molecule has 4 nitrogen and oxygen atoms in total. The number of para-hydroxylation sites is 1. The van der Waals surface area contributed by atoms with Gasteiger partial charge in [-0.2, -0.15) is 0 Å². The van der Waals surface area contributed by atoms with E-state index in [1.54, 1.807) is 14.2 Å². The van der Waals surface area contributed by atoms with Crippen LogP contribution < -0.4 is 9.47 Å². The van der Waals surface area contributed by atoms with E-state index in [-0.39, 0.29) is 0 Å². The van der Waals surface area contributed by atoms with Crippen LogP contribution >= 0.6 is 0 Å². The number of hydrogen-bond donors (Lipinski definition) is 0. The van der Waals surface area contributed by atoms with Crippen LogP contribution in [0.5, 0.6) is 11.5 Å². The molecular weight excluding hydrogens is 348 g/mol. The van der Waals surface area contributed by atoms with Crippen LogP contribution in [0, 0.1) is 6.92 Å². The highest BCUT2D eigenvalue weighted by Crippen LogP contribution is 2.33. The van der Waals surface area contributed by atoms with Crippen molar-refractivity contribution in [2.45, 2.75) is 6.92 Å². The Morgan fingerprint density at radius 3 is 2.18 bits per heavy atom. The first-order chi connectivity index (χ1) is 13.7. The van der Waals surface area contributed by atoms with Crippen molar-refractivity contribution >= 4 is 0 Å². The van der Waals surface area contributed by atoms with Gasteiger partial charge in [0.1, 0.15) is 17.3 Å². The van der Waals surface area contributed by atoms with E-state index in [9.17, 15) is 0 Å². The molecule has 0 fully saturated rings. The summed E-state index contributed by atoms with van der Waals surface area (Å²) < 4.78 is 13.0. The van der Waals surface area contributed by atoms with Crippen LogP contribution in [0.2, 0.25) is 0 Å². The van der Waals surface area contributed by atoms with Crippen molar-refractivity contribution in [2.75, 3.05) is 14.2 Å². The predicted octanol–water partition coefficient (Wildman–Crippen LogP) is 5.53. The van der Waals surface area contributed by atoms with Crippen LogP contribution in [-0.2, 0) is 0 Å². The maximum Gasteiger partial charge on any atom is 0.148 e. The van der Waals surface area contributed by atoms with Gasteiger partial charge in [-0.15, -0.1) is 0 Å². The van der Waals surface area contributed by atoms with Crippen molar-refractivity contribution in [3.8, 4) is 39.8 Å². The van der Waals surface area contributed by atoms with Crippen LogP contribution in [0.15, 0.2) is 79.0 Å². The second kappa shape index (κ2) is 7.61. The molecular formula is C24H22N2O2. The number of nitrogens with zero attached hydrogens (tertiary/aromatic N) is 2. The third-order valence-corrected chi connectivity index (χ3v) is 4.75. The molecule has 0 spiro atoms. The minimum Gasteiger partial charge on any atom is -0.497 e. The summed E-state index contributed by atoms with van der Waals surface area (Å²) in [6, 6.07) is 24.3. The molecule has 0 saturated carbocycles. The highest BCUT2D eigenvalue weighted by Gasteiger charge is 2.16. The molecule has 0 aliphatic carbocycles. The largest absolute Gasteiger partial charge is 0.497 e. The number of aryl methyl sites for hydroxylation is 1. The van der Waals surface area contributed by atoms with E-state index in [1.165, 1.54) is 5.56 Å². The van der Waals surface area contributed by atoms with Gasteiger partial charge in [-0.25, -0.2) is 4.98 Å². The van der Waals surface area contributed by atoms with Crippen LogP contribution in [0.25, 0.3) is 28.3 Å². The lowest BCUT2D eigenvalue weighted by Gasteiger charge is -2.11. The molecule has 28 heavy (non-hydrogen) atoms. The lowest BCUT2D eigenvalue weighted by atomic mass is 10.1. The van der Waals surface area contributed by atoms with E-state index < -0.39 is 0 Å². The summed E-state index contributed by atoms with van der Waals surface area (Å²) in [7, 11) is 3.35. The van der Waals surface area contributed by atoms with Crippen LogP contribution in [0.1, 0.15) is 5.56 Å². The molecule has 0 N–H and O–H groups in total. The lowest BCUT2D eigenvalue weighted by molar-refractivity contribution is 0.415. The zero-order valence-electron chi connectivity index (χ0n) is 16.2. The van der Waals surface area contributed by atoms with E-state index in [2.05, 4.69) is 42.0 Å². The summed E-state index contributed by atoms with van der Waals surface area (Å²) in [6.45, 7) is 2.08. The molecule has 3 aromatic carbocycles. The Labute approximate surface area is 165 Å². The average Bonchev–Trinajstić information content (AvgIpc) is 3.19. The Morgan fingerprint density at radius 2 is 1.50 bits per heavy atom. The molecule has 0 amide bonds. The zero-order valence-corrected chi connectivity index (χ0v) is 16.2. The molecule has 0 saturated heterocycles. The summed E-state index contributed by atoms with van der Waals surface area (Å²) in [5, 5.41) is 0. The van der Waals surface area contributed by atoms with Gasteiger partial charge in [-0.3, -0.25) is 4.57 Å². The molecule has 0 radical (unpaired) electrons. The lowest BCUT2D eigenvalue weighted by Crippen LogP contribution is -1.98. The van der Waals surface area contributed by atoms with E-state index in [0.717, 1.165) is 39.8 Å². The average molecular weight is 370 g/mol. The van der Waals surface area contributed by atoms with Gasteiger partial charge in [0, 0.05) is 17.4 Å². The summed E-state index contributed by atoms with van der Waals surface area (Å²) in [5.41, 5.74) is 5.15. The fraction of sp³-hybridized carbons (Fsp3) is 0.125. The number of aromatic nitrogens is 2. The van der Waals surface area contributed by atoms with E-state index >= 15 is 0 Å². The van der Waals surface area contributed by atoms with Crippen molar-refractivity contribution in [3.05, 3.63) is 84.6 Å². The van der Waals surface area contributed by atoms with E-state index in [0.29, 0.717) is 0 Å². The Bertz CT molecular complexity index is 1080. The number of methoxy groups -OCH3 is 2. The van der Waals surface area contributed by atoms with Gasteiger partial charge in [0.2, 0.25) is 0 Å². The molecule has 0 aliphatic rings. The second-order valence-electron chi connectivity index (χ2n) is 6.58. The third-order valence-electron chi connectivity index (χ3n) is 4.75. The van der Waals surface area contributed by atoms with E-state index in [1.807, 2.05) is 48.5 Å². The van der Waals surface area contributed by atoms with E-state index in [4.69, 9.17) is 14.5 Å². The van der Waals surface area contributed by atoms with Crippen LogP contribution in [0.4, 0.5) is 0 Å². The van der Waals surface area contributed by atoms with Crippen molar-refractivity contribution < 1.29 is 9.47 Å². The van der Waals surface area contributed by atoms with Gasteiger partial charge in [0.25, 0.3) is 0 Å². The van der Waals surface area contributed by atoms with Crippen LogP contribution in [0.3, 0.4) is 0 Å². The quantitative estimate of drug-likeness (QED) is 0.463. The highest BCUT2D eigenvalue weighted by atomic mass is 16.5. The number of hydrogen-bond acceptors (Lipinski definition) is 3. The van der Waals surface area contributed by atoms with Crippen molar-refractivity contribution in [2.24, 2.45) is 0 Å². The standard InChI is InChI=1S/C24H22N2O2/c1-17-8-12-19(13-9-17)26-16-22(18-10-14-20(27-2)15-11-18)25-24(26)21-6-4-5-7-23(21)28-3/h4-16H,1-3H3. The molecule has 140 valence electrons. The van der Waals surface area contributed by atoms with Crippen molar-refractivity contribution in [3.63, 3.8) is 0 Å². The highest BCUT2D eigenvalue weighted by molar-refractivity contribution is 5.71. The van der Waals surface area contributed by atoms with Gasteiger partial charge in [-0.05, 0) is 55.5 Å². The second-order valence-corrected chi connectivity index (χ2v) is 6.58. The zero-order chi connectivity index (χ0) is 19.5. The van der Waals surface area contributed by atoms with Gasteiger partial charge in [-0.1, -0.05) is 29.8 Å². The first kappa shape index (κ1) is 17.9. The van der Waals surface area contributed by atoms with Crippen molar-refractivity contribution in [1.29, 1.82) is 0 Å². The van der Waals surface area contributed by atoms with Crippen molar-refractivity contribution in [1.82, 2.24) is 9.55 Å². The number of benzene rings is 3. The maximum absolute atomic E-state index is 5.59. The minimum atomic E-state index is 0.794. The first-order valence-corrected chi connectivity index (χ1v) is 9.14. The number of imidazole rings is 1. The van der Waals surface area contributed by atoms with Gasteiger partial charge < -0.3 is 9.47 Å². The smallest absolute Gasteiger partial charge is 0.148 e. The van der Waals surface area contributed by atoms with Gasteiger partial charge in [0.15, 0.2) is 0 Å². The van der Waals surface area contributed by atoms with Gasteiger partial charge >= 0.3 is 0 Å². The Balaban J connectivity index is 1.89. The molecule has 1 aromatic heterocycles. The Hall–Kier alpha value is -3.53. The fourth-order valence-electron chi connectivity index (χ4n) is 3.20. The molecule has 4 rings (SSSR count). The van der Waals surface area contributed by atoms with Gasteiger partial charge in [0.05, 0.1) is 25.5 Å². The minimum absolute atomic E-state index is 0.794. The Morgan fingerprint density at radius 1 is 0.786 bits per heavy atom. The molecule has 0 aliphatic heterocycles. The number of rotatable bonds is 5. The normalized spacial score (nSPS) is 10.7. The summed E-state index contributed by atoms with van der Waals surface area (Å²) in [4.78, 5) is 4.96. The topological polar surface area (TPSA) is 36.3 Å². The molecule has 0 unspecified atom stereocenters. The maximum atomic E-state index is 5.59. The Kier molecular flexibility index (Phi) is 4.85. The summed E-state index contributed by atoms with van der Waals surface area (Å²) >= 11 is 0. The van der Waals surface area contributed by atoms with Crippen LogP contribution in [-0.4, -0.2) is 23.8 Å². The summed E-state index contributed by atoms with van der Waals surface area (Å²) in [5.74, 6) is 2.46. The summed E-state index contributed by atoms with van der Waals surface area (Å²) in [6.07, 6.45) is 2.06. The third kappa shape index (κ3) is 3.37. The molecule has 1 heterocycles. The number of ether oxygens (including phenoxy) is 2. The molecule has 0 atom stereocenters. The monoisotopic (exact) mass is 370 g/mol. The molecule has 4 heteroatoms. The SMILES string of the molecule is COc1ccc(-c2cn(-c3ccc(C)cc3)c(-c3ccccc3OC)n2)cc1. The molecule has 0 bridgehead atoms. The first-order valence-electron chi connectivity index (χ1n) is 9.14. The molecule has 4 aromatic rings. The fourth-order valence-corrected chi connectivity index (χ4v) is 3.20. The predicted molar refractivity (Wildman–Crippen MR) is 112 cm³/mol.